The number of benzene rings is 1. The third-order valence-corrected chi connectivity index (χ3v) is 8.84. The first-order chi connectivity index (χ1) is 17.1. The molecule has 13 heteroatoms. The molecule has 1 fully saturated rings. The largest absolute Gasteiger partial charge is 0.465 e. The molecule has 3 aromatic rings. The molecule has 1 aromatic carbocycles. The first-order valence-electron chi connectivity index (χ1n) is 11.0. The Morgan fingerprint density at radius 3 is 2.50 bits per heavy atom. The van der Waals surface area contributed by atoms with Gasteiger partial charge < -0.3 is 15.0 Å². The van der Waals surface area contributed by atoms with E-state index in [0.29, 0.717) is 56.7 Å². The third kappa shape index (κ3) is 5.07. The van der Waals surface area contributed by atoms with Crippen molar-refractivity contribution in [1.82, 2.24) is 9.80 Å². The van der Waals surface area contributed by atoms with E-state index in [9.17, 15) is 24.5 Å². The highest BCUT2D eigenvalue weighted by Gasteiger charge is 2.28. The number of nitro groups is 1. The van der Waals surface area contributed by atoms with Gasteiger partial charge in [0.2, 0.25) is 5.91 Å². The Hall–Kier alpha value is -3.06. The van der Waals surface area contributed by atoms with Crippen molar-refractivity contribution in [1.29, 1.82) is 0 Å². The topological polar surface area (TPSA) is 122 Å². The number of hydrogen-bond acceptors (Lipinski definition) is 9. The number of aryl methyl sites for hydroxylation is 1. The predicted molar refractivity (Wildman–Crippen MR) is 140 cm³/mol. The molecule has 1 aliphatic rings. The van der Waals surface area contributed by atoms with E-state index in [1.165, 1.54) is 30.6 Å². The highest BCUT2D eigenvalue weighted by atomic mass is 35.5. The van der Waals surface area contributed by atoms with Gasteiger partial charge in [-0.1, -0.05) is 11.6 Å². The minimum atomic E-state index is -0.492. The van der Waals surface area contributed by atoms with Crippen LogP contribution in [0.1, 0.15) is 30.5 Å². The van der Waals surface area contributed by atoms with Crippen LogP contribution in [0.5, 0.6) is 0 Å². The number of fused-ring (bicyclic) bond motifs is 1. The summed E-state index contributed by atoms with van der Waals surface area (Å²) < 4.78 is 5.43. The van der Waals surface area contributed by atoms with Crippen LogP contribution in [0.4, 0.5) is 10.7 Å². The number of carbonyl (C=O) groups is 3. The molecule has 2 amide bonds. The summed E-state index contributed by atoms with van der Waals surface area (Å²) in [5, 5.41) is 15.2. The number of halogens is 1. The van der Waals surface area contributed by atoms with Crippen LogP contribution < -0.4 is 5.32 Å². The number of nitrogens with one attached hydrogen (secondary N) is 1. The first kappa shape index (κ1) is 26.0. The van der Waals surface area contributed by atoms with Crippen molar-refractivity contribution in [2.75, 3.05) is 45.2 Å². The van der Waals surface area contributed by atoms with Crippen molar-refractivity contribution < 1.29 is 24.0 Å². The maximum atomic E-state index is 13.1. The molecule has 10 nitrogen and oxygen atoms in total. The van der Waals surface area contributed by atoms with Crippen LogP contribution in [0.3, 0.4) is 0 Å². The average molecular weight is 551 g/mol. The lowest BCUT2D eigenvalue weighted by atomic mass is 10.1. The highest BCUT2D eigenvalue weighted by molar-refractivity contribution is 7.21. The van der Waals surface area contributed by atoms with Gasteiger partial charge in [-0.2, -0.15) is 0 Å². The van der Waals surface area contributed by atoms with Gasteiger partial charge in [-0.05, 0) is 25.5 Å². The summed E-state index contributed by atoms with van der Waals surface area (Å²) in [5.74, 6) is -0.982. The molecule has 3 heterocycles. The number of rotatable bonds is 6. The van der Waals surface area contributed by atoms with Crippen LogP contribution >= 0.6 is 34.3 Å². The van der Waals surface area contributed by atoms with Crippen molar-refractivity contribution >= 4 is 72.8 Å². The van der Waals surface area contributed by atoms with Crippen LogP contribution in [-0.4, -0.2) is 72.3 Å². The van der Waals surface area contributed by atoms with Crippen LogP contribution in [0.2, 0.25) is 5.02 Å². The number of non-ortho nitro benzene ring substituents is 1. The van der Waals surface area contributed by atoms with Crippen molar-refractivity contribution in [2.24, 2.45) is 0 Å². The number of piperazine rings is 1. The zero-order valence-electron chi connectivity index (χ0n) is 19.8. The smallest absolute Gasteiger partial charge is 0.341 e. The molecular formula is C23H23ClN4O6S2. The van der Waals surface area contributed by atoms with Gasteiger partial charge in [0.1, 0.15) is 9.88 Å². The summed E-state index contributed by atoms with van der Waals surface area (Å²) in [6.07, 6.45) is 0. The van der Waals surface area contributed by atoms with Crippen LogP contribution in [0.25, 0.3) is 10.1 Å². The van der Waals surface area contributed by atoms with E-state index in [2.05, 4.69) is 5.32 Å². The molecule has 0 unspecified atom stereocenters. The lowest BCUT2D eigenvalue weighted by Gasteiger charge is -2.34. The fraction of sp³-hybridized carbons (Fsp3) is 0.348. The lowest BCUT2D eigenvalue weighted by molar-refractivity contribution is -0.384. The molecular weight excluding hydrogens is 528 g/mol. The van der Waals surface area contributed by atoms with E-state index in [4.69, 9.17) is 16.3 Å². The van der Waals surface area contributed by atoms with E-state index < -0.39 is 10.9 Å². The minimum Gasteiger partial charge on any atom is -0.465 e. The maximum absolute atomic E-state index is 13.1. The Labute approximate surface area is 219 Å². The number of nitrogens with zero attached hydrogens (tertiary/aromatic N) is 3. The maximum Gasteiger partial charge on any atom is 0.341 e. The SMILES string of the molecule is COC(=O)c1c(NC(=O)CN2CCN(C(=O)c3sc4cc([N+](=O)[O-])ccc4c3Cl)CC2)sc(C)c1C. The van der Waals surface area contributed by atoms with Gasteiger partial charge in [0.05, 0.1) is 29.2 Å². The van der Waals surface area contributed by atoms with Gasteiger partial charge in [-0.3, -0.25) is 24.6 Å². The Balaban J connectivity index is 1.37. The molecule has 2 aromatic heterocycles. The van der Waals surface area contributed by atoms with Gasteiger partial charge in [0.15, 0.2) is 0 Å². The molecule has 0 saturated carbocycles. The fourth-order valence-corrected chi connectivity index (χ4v) is 6.57. The van der Waals surface area contributed by atoms with Gasteiger partial charge >= 0.3 is 5.97 Å². The monoisotopic (exact) mass is 550 g/mol. The Kier molecular flexibility index (Phi) is 7.59. The number of anilines is 1. The van der Waals surface area contributed by atoms with Gasteiger partial charge in [-0.25, -0.2) is 4.79 Å². The minimum absolute atomic E-state index is 0.0575. The van der Waals surface area contributed by atoms with Crippen molar-refractivity contribution in [3.63, 3.8) is 0 Å². The Morgan fingerprint density at radius 2 is 1.86 bits per heavy atom. The summed E-state index contributed by atoms with van der Waals surface area (Å²) in [7, 11) is 1.30. The highest BCUT2D eigenvalue weighted by Crippen LogP contribution is 2.38. The van der Waals surface area contributed by atoms with Crippen LogP contribution in [0, 0.1) is 24.0 Å². The standard InChI is InChI=1S/C23H23ClN4O6S2/c1-12-13(2)35-21(18(12)23(31)34-3)25-17(29)11-26-6-8-27(9-7-26)22(30)20-19(24)15-5-4-14(28(32)33)10-16(15)36-20/h4-5,10H,6-9,11H2,1-3H3,(H,25,29). The predicted octanol–water partition coefficient (Wildman–Crippen LogP) is 4.32. The van der Waals surface area contributed by atoms with Gasteiger partial charge in [-0.15, -0.1) is 22.7 Å². The molecule has 4 rings (SSSR count). The number of ether oxygens (including phenoxy) is 1. The molecule has 0 radical (unpaired) electrons. The number of esters is 1. The van der Waals surface area contributed by atoms with Gasteiger partial charge in [0, 0.05) is 53.3 Å². The average Bonchev–Trinajstić information content (AvgIpc) is 3.33. The number of nitro benzene ring substituents is 1. The molecule has 0 spiro atoms. The summed E-state index contributed by atoms with van der Waals surface area (Å²) >= 11 is 8.90. The zero-order chi connectivity index (χ0) is 26.1. The summed E-state index contributed by atoms with van der Waals surface area (Å²) in [4.78, 5) is 53.4. The number of amides is 2. The molecule has 0 aliphatic carbocycles. The Morgan fingerprint density at radius 1 is 1.17 bits per heavy atom. The third-order valence-electron chi connectivity index (χ3n) is 6.07. The normalized spacial score (nSPS) is 14.2. The van der Waals surface area contributed by atoms with Crippen LogP contribution in [0.15, 0.2) is 18.2 Å². The number of hydrogen-bond donors (Lipinski definition) is 1. The van der Waals surface area contributed by atoms with Crippen LogP contribution in [-0.2, 0) is 9.53 Å². The van der Waals surface area contributed by atoms with E-state index in [1.807, 2.05) is 18.7 Å². The van der Waals surface area contributed by atoms with E-state index in [0.717, 1.165) is 21.8 Å². The van der Waals surface area contributed by atoms with E-state index in [-0.39, 0.29) is 24.0 Å². The second-order valence-electron chi connectivity index (χ2n) is 8.28. The second-order valence-corrected chi connectivity index (χ2v) is 10.9. The van der Waals surface area contributed by atoms with Crippen molar-refractivity contribution in [3.05, 3.63) is 54.2 Å². The fourth-order valence-electron chi connectivity index (χ4n) is 3.99. The molecule has 0 bridgehead atoms. The molecule has 1 saturated heterocycles. The molecule has 0 atom stereocenters. The van der Waals surface area contributed by atoms with E-state index >= 15 is 0 Å². The molecule has 1 N–H and O–H groups in total. The quantitative estimate of drug-likeness (QED) is 0.275. The van der Waals surface area contributed by atoms with Crippen molar-refractivity contribution in [3.8, 4) is 0 Å². The molecule has 36 heavy (non-hydrogen) atoms. The Bertz CT molecular complexity index is 1380. The lowest BCUT2D eigenvalue weighted by Crippen LogP contribution is -2.50. The second kappa shape index (κ2) is 10.5. The van der Waals surface area contributed by atoms with E-state index in [1.54, 1.807) is 11.0 Å². The summed E-state index contributed by atoms with van der Waals surface area (Å²) in [5.41, 5.74) is 1.09. The summed E-state index contributed by atoms with van der Waals surface area (Å²) in [6.45, 7) is 5.59. The molecule has 1 aliphatic heterocycles. The first-order valence-corrected chi connectivity index (χ1v) is 13.0. The summed E-state index contributed by atoms with van der Waals surface area (Å²) in [6, 6.07) is 4.34. The molecule has 190 valence electrons. The zero-order valence-corrected chi connectivity index (χ0v) is 22.1. The van der Waals surface area contributed by atoms with Gasteiger partial charge in [0.25, 0.3) is 11.6 Å². The number of thiophene rings is 2. The number of methoxy groups -OCH3 is 1. The van der Waals surface area contributed by atoms with Crippen molar-refractivity contribution in [2.45, 2.75) is 13.8 Å². The number of carbonyl (C=O) groups excluding carboxylic acids is 3.